The first kappa shape index (κ1) is 20.3. The van der Waals surface area contributed by atoms with Crippen LogP contribution in [0.3, 0.4) is 0 Å². The van der Waals surface area contributed by atoms with Crippen molar-refractivity contribution in [3.8, 4) is 22.9 Å². The van der Waals surface area contributed by atoms with E-state index in [-0.39, 0.29) is 5.69 Å². The Balaban J connectivity index is 1.63. The van der Waals surface area contributed by atoms with Gasteiger partial charge in [-0.3, -0.25) is 14.7 Å². The van der Waals surface area contributed by atoms with Crippen LogP contribution in [0.4, 0.5) is 10.2 Å². The molecule has 1 aromatic carbocycles. The summed E-state index contributed by atoms with van der Waals surface area (Å²) in [6, 6.07) is 7.93. The molecule has 9 heteroatoms. The summed E-state index contributed by atoms with van der Waals surface area (Å²) in [4.78, 5) is 30.2. The van der Waals surface area contributed by atoms with Gasteiger partial charge in [-0.2, -0.15) is 0 Å². The van der Waals surface area contributed by atoms with Crippen molar-refractivity contribution in [2.75, 3.05) is 25.7 Å². The molecule has 3 aromatic heterocycles. The molecule has 0 saturated carbocycles. The molecule has 0 fully saturated rings. The van der Waals surface area contributed by atoms with Gasteiger partial charge in [0, 0.05) is 30.3 Å². The van der Waals surface area contributed by atoms with Crippen LogP contribution in [0.25, 0.3) is 22.2 Å². The Bertz CT molecular complexity index is 1240. The van der Waals surface area contributed by atoms with Gasteiger partial charge in [-0.15, -0.1) is 0 Å². The predicted octanol–water partition coefficient (Wildman–Crippen LogP) is 3.84. The largest absolute Gasteiger partial charge is 0.495 e. The highest BCUT2D eigenvalue weighted by Gasteiger charge is 2.20. The molecule has 4 rings (SSSR count). The molecule has 0 unspecified atom stereocenters. The molecule has 158 valence electrons. The SMILES string of the molecule is CCOc1ccc(-c2cncc(C(=O)N(C)c3cc4c(F)ccc(OC)c4[nH]3)n2)cn1. The number of hydrogen-bond donors (Lipinski definition) is 1. The molecular formula is C22H20FN5O3. The number of ether oxygens (including phenoxy) is 2. The highest BCUT2D eigenvalue weighted by atomic mass is 19.1. The van der Waals surface area contributed by atoms with Crippen LogP contribution in [0, 0.1) is 5.82 Å². The molecule has 0 aliphatic carbocycles. The smallest absolute Gasteiger partial charge is 0.279 e. The van der Waals surface area contributed by atoms with Gasteiger partial charge in [0.2, 0.25) is 5.88 Å². The average molecular weight is 421 g/mol. The van der Waals surface area contributed by atoms with E-state index in [1.54, 1.807) is 37.6 Å². The maximum absolute atomic E-state index is 14.2. The number of anilines is 1. The third-order valence-electron chi connectivity index (χ3n) is 4.75. The lowest BCUT2D eigenvalue weighted by atomic mass is 10.2. The number of fused-ring (bicyclic) bond motifs is 1. The summed E-state index contributed by atoms with van der Waals surface area (Å²) in [6.07, 6.45) is 4.55. The Hall–Kier alpha value is -4.01. The molecule has 0 atom stereocenters. The van der Waals surface area contributed by atoms with E-state index in [2.05, 4.69) is 19.9 Å². The lowest BCUT2D eigenvalue weighted by Crippen LogP contribution is -2.27. The topological polar surface area (TPSA) is 93.2 Å². The number of carbonyl (C=O) groups is 1. The second-order valence-electron chi connectivity index (χ2n) is 6.66. The molecule has 0 spiro atoms. The lowest BCUT2D eigenvalue weighted by Gasteiger charge is -2.15. The second kappa shape index (κ2) is 8.39. The Morgan fingerprint density at radius 3 is 2.74 bits per heavy atom. The zero-order chi connectivity index (χ0) is 22.0. The molecular weight excluding hydrogens is 401 g/mol. The summed E-state index contributed by atoms with van der Waals surface area (Å²) in [5.41, 5.74) is 1.81. The van der Waals surface area contributed by atoms with Crippen molar-refractivity contribution in [1.82, 2.24) is 19.9 Å². The van der Waals surface area contributed by atoms with E-state index < -0.39 is 11.7 Å². The van der Waals surface area contributed by atoms with E-state index in [1.807, 2.05) is 6.92 Å². The number of aromatic nitrogens is 4. The molecule has 0 radical (unpaired) electrons. The van der Waals surface area contributed by atoms with Gasteiger partial charge in [-0.05, 0) is 31.2 Å². The summed E-state index contributed by atoms with van der Waals surface area (Å²) in [5.74, 6) is 0.572. The molecule has 4 aromatic rings. The first-order valence-electron chi connectivity index (χ1n) is 9.56. The van der Waals surface area contributed by atoms with Crippen LogP contribution in [0.15, 0.2) is 48.9 Å². The molecule has 0 bridgehead atoms. The van der Waals surface area contributed by atoms with Gasteiger partial charge in [-0.1, -0.05) is 0 Å². The first-order valence-corrected chi connectivity index (χ1v) is 9.56. The average Bonchev–Trinajstić information content (AvgIpc) is 3.26. The van der Waals surface area contributed by atoms with E-state index in [0.29, 0.717) is 46.2 Å². The molecule has 3 heterocycles. The maximum atomic E-state index is 14.2. The number of aromatic amines is 1. The van der Waals surface area contributed by atoms with E-state index in [4.69, 9.17) is 9.47 Å². The Kier molecular flexibility index (Phi) is 5.48. The predicted molar refractivity (Wildman–Crippen MR) is 114 cm³/mol. The highest BCUT2D eigenvalue weighted by molar-refractivity contribution is 6.05. The number of rotatable bonds is 6. The van der Waals surface area contributed by atoms with Gasteiger partial charge in [0.15, 0.2) is 0 Å². The zero-order valence-electron chi connectivity index (χ0n) is 17.2. The normalized spacial score (nSPS) is 10.8. The third-order valence-corrected chi connectivity index (χ3v) is 4.75. The standard InChI is InChI=1S/C22H20FN5O3/c1-4-31-20-8-5-13(10-25-20)16-11-24-12-17(26-16)22(29)28(2)19-9-14-15(23)6-7-18(30-3)21(14)27-19/h5-12,27H,4H2,1-3H3. The summed E-state index contributed by atoms with van der Waals surface area (Å²) in [5, 5.41) is 0.328. The van der Waals surface area contributed by atoms with Gasteiger partial charge < -0.3 is 14.5 Å². The molecule has 31 heavy (non-hydrogen) atoms. The number of methoxy groups -OCH3 is 1. The van der Waals surface area contributed by atoms with Crippen molar-refractivity contribution in [3.63, 3.8) is 0 Å². The van der Waals surface area contributed by atoms with E-state index >= 15 is 0 Å². The fraction of sp³-hybridized carbons (Fsp3) is 0.182. The molecule has 1 amide bonds. The molecule has 0 aliphatic rings. The van der Waals surface area contributed by atoms with Crippen LogP contribution in [0.5, 0.6) is 11.6 Å². The number of pyridine rings is 1. The Labute approximate surface area is 177 Å². The minimum atomic E-state index is -0.413. The molecule has 0 saturated heterocycles. The number of H-pyrrole nitrogens is 1. The number of nitrogens with one attached hydrogen (secondary N) is 1. The highest BCUT2D eigenvalue weighted by Crippen LogP contribution is 2.31. The van der Waals surface area contributed by atoms with Crippen LogP contribution in [-0.2, 0) is 0 Å². The Morgan fingerprint density at radius 1 is 1.19 bits per heavy atom. The van der Waals surface area contributed by atoms with Gasteiger partial charge in [0.25, 0.3) is 5.91 Å². The van der Waals surface area contributed by atoms with Crippen LogP contribution in [0.1, 0.15) is 17.4 Å². The van der Waals surface area contributed by atoms with Crippen molar-refractivity contribution in [2.24, 2.45) is 0 Å². The van der Waals surface area contributed by atoms with Crippen molar-refractivity contribution in [1.29, 1.82) is 0 Å². The number of nitrogens with zero attached hydrogens (tertiary/aromatic N) is 4. The minimum Gasteiger partial charge on any atom is -0.495 e. The van der Waals surface area contributed by atoms with Crippen LogP contribution >= 0.6 is 0 Å². The lowest BCUT2D eigenvalue weighted by molar-refractivity contribution is 0.0987. The number of amides is 1. The van der Waals surface area contributed by atoms with E-state index in [9.17, 15) is 9.18 Å². The fourth-order valence-corrected chi connectivity index (χ4v) is 3.15. The van der Waals surface area contributed by atoms with Gasteiger partial charge >= 0.3 is 0 Å². The second-order valence-corrected chi connectivity index (χ2v) is 6.66. The summed E-state index contributed by atoms with van der Waals surface area (Å²) in [6.45, 7) is 2.40. The van der Waals surface area contributed by atoms with Gasteiger partial charge in [0.1, 0.15) is 23.1 Å². The first-order chi connectivity index (χ1) is 15.0. The summed E-state index contributed by atoms with van der Waals surface area (Å²) in [7, 11) is 3.07. The van der Waals surface area contributed by atoms with Crippen molar-refractivity contribution < 1.29 is 18.7 Å². The number of halogens is 1. The Morgan fingerprint density at radius 2 is 2.03 bits per heavy atom. The maximum Gasteiger partial charge on any atom is 0.279 e. The van der Waals surface area contributed by atoms with Crippen molar-refractivity contribution in [2.45, 2.75) is 6.92 Å². The number of benzene rings is 1. The molecule has 1 N–H and O–H groups in total. The van der Waals surface area contributed by atoms with E-state index in [1.165, 1.54) is 30.3 Å². The monoisotopic (exact) mass is 421 g/mol. The number of carbonyl (C=O) groups excluding carboxylic acids is 1. The zero-order valence-corrected chi connectivity index (χ0v) is 17.2. The summed E-state index contributed by atoms with van der Waals surface area (Å²) < 4.78 is 24.8. The minimum absolute atomic E-state index is 0.139. The van der Waals surface area contributed by atoms with Gasteiger partial charge in [-0.25, -0.2) is 14.4 Å². The van der Waals surface area contributed by atoms with Crippen molar-refractivity contribution >= 4 is 22.6 Å². The van der Waals surface area contributed by atoms with Crippen LogP contribution in [-0.4, -0.2) is 46.6 Å². The van der Waals surface area contributed by atoms with Crippen molar-refractivity contribution in [3.05, 3.63) is 60.4 Å². The quantitative estimate of drug-likeness (QED) is 0.508. The number of hydrogen-bond acceptors (Lipinski definition) is 6. The fourth-order valence-electron chi connectivity index (χ4n) is 3.15. The third kappa shape index (κ3) is 3.89. The van der Waals surface area contributed by atoms with Crippen LogP contribution < -0.4 is 14.4 Å². The van der Waals surface area contributed by atoms with E-state index in [0.717, 1.165) is 0 Å². The molecule has 0 aliphatic heterocycles. The van der Waals surface area contributed by atoms with Crippen LogP contribution in [0.2, 0.25) is 0 Å². The molecule has 8 nitrogen and oxygen atoms in total. The van der Waals surface area contributed by atoms with Gasteiger partial charge in [0.05, 0.1) is 37.3 Å². The summed E-state index contributed by atoms with van der Waals surface area (Å²) >= 11 is 0.